The van der Waals surface area contributed by atoms with Gasteiger partial charge in [0, 0.05) is 12.6 Å². The molecule has 0 saturated carbocycles. The molecule has 0 radical (unpaired) electrons. The third-order valence-electron chi connectivity index (χ3n) is 4.10. The molecule has 2 aromatic carbocycles. The van der Waals surface area contributed by atoms with Crippen molar-refractivity contribution in [1.29, 1.82) is 0 Å². The molecule has 0 saturated heterocycles. The Morgan fingerprint density at radius 1 is 0.920 bits per heavy atom. The van der Waals surface area contributed by atoms with Crippen molar-refractivity contribution in [3.63, 3.8) is 0 Å². The van der Waals surface area contributed by atoms with Gasteiger partial charge in [0.05, 0.1) is 17.6 Å². The smallest absolute Gasteiger partial charge is 0.337 e. The third kappa shape index (κ3) is 4.08. The van der Waals surface area contributed by atoms with E-state index < -0.39 is 21.5 Å². The van der Waals surface area contributed by atoms with Crippen molar-refractivity contribution < 1.29 is 17.9 Å². The molecule has 0 aliphatic carbocycles. The molecule has 0 aliphatic heterocycles. The first-order chi connectivity index (χ1) is 11.6. The highest BCUT2D eigenvalue weighted by Gasteiger charge is 2.30. The van der Waals surface area contributed by atoms with E-state index in [9.17, 15) is 13.2 Å². The lowest BCUT2D eigenvalue weighted by Crippen LogP contribution is -2.42. The molecule has 0 amide bonds. The molecule has 0 spiro atoms. The normalized spacial score (nSPS) is 12.2. The van der Waals surface area contributed by atoms with E-state index in [1.165, 1.54) is 11.4 Å². The number of esters is 1. The number of nitrogens with zero attached hydrogens (tertiary/aromatic N) is 1. The predicted molar refractivity (Wildman–Crippen MR) is 97.9 cm³/mol. The minimum absolute atomic E-state index is 0.250. The first-order valence-corrected chi connectivity index (χ1v) is 9.29. The number of hydrogen-bond donors (Lipinski definition) is 0. The van der Waals surface area contributed by atoms with Gasteiger partial charge in [-0.2, -0.15) is 4.31 Å². The first-order valence-electron chi connectivity index (χ1n) is 7.85. The Kier molecular flexibility index (Phi) is 5.34. The molecule has 0 N–H and O–H groups in total. The Hall–Kier alpha value is -2.18. The van der Waals surface area contributed by atoms with E-state index in [4.69, 9.17) is 0 Å². The molecule has 6 heteroatoms. The molecule has 2 aromatic rings. The zero-order valence-corrected chi connectivity index (χ0v) is 15.9. The van der Waals surface area contributed by atoms with Crippen molar-refractivity contribution in [2.45, 2.75) is 31.2 Å². The molecule has 0 aliphatic rings. The number of rotatable bonds is 4. The Bertz CT molecular complexity index is 848. The van der Waals surface area contributed by atoms with Gasteiger partial charge in [0.25, 0.3) is 0 Å². The summed E-state index contributed by atoms with van der Waals surface area (Å²) in [6.45, 7) is 5.55. The SMILES string of the molecule is COC(=O)c1ccc(-c2ccc(S(=O)(=O)N(C)C(C)(C)C)cc2)cc1. The number of benzene rings is 2. The van der Waals surface area contributed by atoms with Crippen LogP contribution in [0, 0.1) is 0 Å². The van der Waals surface area contributed by atoms with Crippen molar-refractivity contribution in [1.82, 2.24) is 4.31 Å². The average Bonchev–Trinajstić information content (AvgIpc) is 2.59. The van der Waals surface area contributed by atoms with Gasteiger partial charge in [-0.3, -0.25) is 0 Å². The van der Waals surface area contributed by atoms with E-state index in [-0.39, 0.29) is 4.90 Å². The van der Waals surface area contributed by atoms with Gasteiger partial charge >= 0.3 is 5.97 Å². The second-order valence-electron chi connectivity index (χ2n) is 6.74. The van der Waals surface area contributed by atoms with Crippen LogP contribution in [0.3, 0.4) is 0 Å². The number of methoxy groups -OCH3 is 1. The lowest BCUT2D eigenvalue weighted by Gasteiger charge is -2.30. The van der Waals surface area contributed by atoms with E-state index in [2.05, 4.69) is 4.74 Å². The van der Waals surface area contributed by atoms with Crippen LogP contribution in [0.1, 0.15) is 31.1 Å². The van der Waals surface area contributed by atoms with Crippen LogP contribution < -0.4 is 0 Å². The molecule has 0 aromatic heterocycles. The standard InChI is InChI=1S/C19H23NO4S/c1-19(2,3)20(4)25(22,23)17-12-10-15(11-13-17)14-6-8-16(9-7-14)18(21)24-5/h6-13H,1-5H3. The van der Waals surface area contributed by atoms with Gasteiger partial charge < -0.3 is 4.74 Å². The molecule has 0 fully saturated rings. The molecule has 0 unspecified atom stereocenters. The summed E-state index contributed by atoms with van der Waals surface area (Å²) in [4.78, 5) is 11.7. The molecular weight excluding hydrogens is 338 g/mol. The highest BCUT2D eigenvalue weighted by Crippen LogP contribution is 2.26. The highest BCUT2D eigenvalue weighted by molar-refractivity contribution is 7.89. The number of hydrogen-bond acceptors (Lipinski definition) is 4. The van der Waals surface area contributed by atoms with Gasteiger partial charge in [0.15, 0.2) is 0 Å². The quantitative estimate of drug-likeness (QED) is 0.781. The fraction of sp³-hybridized carbons (Fsp3) is 0.316. The molecule has 0 atom stereocenters. The molecule has 0 bridgehead atoms. The monoisotopic (exact) mass is 361 g/mol. The number of ether oxygens (including phenoxy) is 1. The summed E-state index contributed by atoms with van der Waals surface area (Å²) in [5, 5.41) is 0. The Morgan fingerprint density at radius 2 is 1.36 bits per heavy atom. The summed E-state index contributed by atoms with van der Waals surface area (Å²) in [5.74, 6) is -0.391. The highest BCUT2D eigenvalue weighted by atomic mass is 32.2. The summed E-state index contributed by atoms with van der Waals surface area (Å²) in [7, 11) is -0.629. The molecular formula is C19H23NO4S. The minimum Gasteiger partial charge on any atom is -0.465 e. The van der Waals surface area contributed by atoms with Crippen LogP contribution in [0.2, 0.25) is 0 Å². The molecule has 2 rings (SSSR count). The number of carbonyl (C=O) groups excluding carboxylic acids is 1. The topological polar surface area (TPSA) is 63.7 Å². The van der Waals surface area contributed by atoms with Gasteiger partial charge in [0.2, 0.25) is 10.0 Å². The van der Waals surface area contributed by atoms with Crippen LogP contribution in [0.4, 0.5) is 0 Å². The fourth-order valence-corrected chi connectivity index (χ4v) is 3.77. The summed E-state index contributed by atoms with van der Waals surface area (Å²) in [6, 6.07) is 13.7. The van der Waals surface area contributed by atoms with Crippen molar-refractivity contribution in [3.8, 4) is 11.1 Å². The zero-order chi connectivity index (χ0) is 18.8. The van der Waals surface area contributed by atoms with E-state index >= 15 is 0 Å². The maximum absolute atomic E-state index is 12.7. The van der Waals surface area contributed by atoms with Crippen molar-refractivity contribution in [2.75, 3.05) is 14.2 Å². The summed E-state index contributed by atoms with van der Waals surface area (Å²) >= 11 is 0. The van der Waals surface area contributed by atoms with Crippen LogP contribution in [0.5, 0.6) is 0 Å². The Balaban J connectivity index is 2.30. The van der Waals surface area contributed by atoms with Gasteiger partial charge in [-0.05, 0) is 56.2 Å². The molecule has 25 heavy (non-hydrogen) atoms. The molecule has 134 valence electrons. The van der Waals surface area contributed by atoms with E-state index in [1.54, 1.807) is 55.6 Å². The second-order valence-corrected chi connectivity index (χ2v) is 8.71. The van der Waals surface area contributed by atoms with E-state index in [0.29, 0.717) is 5.56 Å². The van der Waals surface area contributed by atoms with Crippen LogP contribution in [0.25, 0.3) is 11.1 Å². The molecule has 5 nitrogen and oxygen atoms in total. The largest absolute Gasteiger partial charge is 0.465 e. The van der Waals surface area contributed by atoms with Crippen molar-refractivity contribution in [3.05, 3.63) is 54.1 Å². The van der Waals surface area contributed by atoms with Gasteiger partial charge in [-0.1, -0.05) is 24.3 Å². The number of carbonyl (C=O) groups is 1. The third-order valence-corrected chi connectivity index (χ3v) is 6.23. The summed E-state index contributed by atoms with van der Waals surface area (Å²) < 4.78 is 31.3. The van der Waals surface area contributed by atoms with Crippen LogP contribution >= 0.6 is 0 Å². The first kappa shape index (κ1) is 19.1. The van der Waals surface area contributed by atoms with Crippen LogP contribution in [0.15, 0.2) is 53.4 Å². The van der Waals surface area contributed by atoms with E-state index in [1.807, 2.05) is 20.8 Å². The second kappa shape index (κ2) is 6.98. The lowest BCUT2D eigenvalue weighted by atomic mass is 10.0. The van der Waals surface area contributed by atoms with Crippen LogP contribution in [-0.2, 0) is 14.8 Å². The van der Waals surface area contributed by atoms with Crippen molar-refractivity contribution >= 4 is 16.0 Å². The minimum atomic E-state index is -3.54. The number of sulfonamides is 1. The van der Waals surface area contributed by atoms with Crippen molar-refractivity contribution in [2.24, 2.45) is 0 Å². The Morgan fingerprint density at radius 3 is 1.76 bits per heavy atom. The van der Waals surface area contributed by atoms with Gasteiger partial charge in [-0.25, -0.2) is 13.2 Å². The molecule has 0 heterocycles. The zero-order valence-electron chi connectivity index (χ0n) is 15.1. The van der Waals surface area contributed by atoms with Gasteiger partial charge in [-0.15, -0.1) is 0 Å². The average molecular weight is 361 g/mol. The summed E-state index contributed by atoms with van der Waals surface area (Å²) in [5.41, 5.74) is 1.73. The predicted octanol–water partition coefficient (Wildman–Crippen LogP) is 3.56. The lowest BCUT2D eigenvalue weighted by molar-refractivity contribution is 0.0600. The van der Waals surface area contributed by atoms with Gasteiger partial charge in [0.1, 0.15) is 0 Å². The maximum Gasteiger partial charge on any atom is 0.337 e. The maximum atomic E-state index is 12.7. The summed E-state index contributed by atoms with van der Waals surface area (Å²) in [6.07, 6.45) is 0. The van der Waals surface area contributed by atoms with Crippen LogP contribution in [-0.4, -0.2) is 38.4 Å². The van der Waals surface area contributed by atoms with E-state index in [0.717, 1.165) is 11.1 Å². The fourth-order valence-electron chi connectivity index (χ4n) is 2.25. The Labute approximate surface area is 149 Å².